The fraction of sp³-hybridized carbons (Fsp3) is 0.250. The molecule has 2 aliphatic carbocycles. The van der Waals surface area contributed by atoms with Gasteiger partial charge in [-0.05, 0) is 66.3 Å². The predicted octanol–water partition coefficient (Wildman–Crippen LogP) is 6.34. The Morgan fingerprint density at radius 1 is 0.811 bits per heavy atom. The summed E-state index contributed by atoms with van der Waals surface area (Å²) in [4.78, 5) is 72.2. The van der Waals surface area contributed by atoms with Crippen molar-refractivity contribution in [2.45, 2.75) is 24.2 Å². The number of hydrogen-bond acceptors (Lipinski definition) is 9. The van der Waals surface area contributed by atoms with Gasteiger partial charge in [0.25, 0.3) is 5.69 Å². The zero-order valence-corrected chi connectivity index (χ0v) is 29.2. The maximum atomic E-state index is 15.4. The van der Waals surface area contributed by atoms with Crippen molar-refractivity contribution in [1.82, 2.24) is 0 Å². The van der Waals surface area contributed by atoms with Gasteiger partial charge in [-0.15, -0.1) is 0 Å². The van der Waals surface area contributed by atoms with Crippen molar-refractivity contribution < 1.29 is 38.7 Å². The number of imide groups is 2. The molecule has 1 N–H and O–H groups in total. The van der Waals surface area contributed by atoms with E-state index in [0.717, 1.165) is 9.80 Å². The maximum Gasteiger partial charge on any atom is 0.271 e. The third-order valence-corrected chi connectivity index (χ3v) is 11.5. The van der Waals surface area contributed by atoms with Crippen molar-refractivity contribution in [2.75, 3.05) is 24.0 Å². The minimum atomic E-state index is -1.56. The first-order valence-corrected chi connectivity index (χ1v) is 17.4. The number of hydrogen-bond donors (Lipinski definition) is 1. The van der Waals surface area contributed by atoms with E-state index in [0.29, 0.717) is 21.7 Å². The van der Waals surface area contributed by atoms with Gasteiger partial charge in [0.1, 0.15) is 0 Å². The molecule has 0 spiro atoms. The fourth-order valence-electron chi connectivity index (χ4n) is 9.20. The molecular weight excluding hydrogens is 702 g/mol. The lowest BCUT2D eigenvalue weighted by Crippen LogP contribution is -2.53. The summed E-state index contributed by atoms with van der Waals surface area (Å²) in [7, 11) is 2.78. The minimum Gasteiger partial charge on any atom is -0.502 e. The number of phenols is 1. The summed E-state index contributed by atoms with van der Waals surface area (Å²) in [5.74, 6) is -6.48. The van der Waals surface area contributed by atoms with Crippen LogP contribution in [-0.4, -0.2) is 47.9 Å². The largest absolute Gasteiger partial charge is 0.502 e. The Hall–Kier alpha value is -6.01. The summed E-state index contributed by atoms with van der Waals surface area (Å²) in [5, 5.41) is 22.9. The topological polar surface area (TPSA) is 157 Å². The van der Waals surface area contributed by atoms with Crippen molar-refractivity contribution in [3.05, 3.63) is 129 Å². The standard InChI is InChI=1S/C40H32ClN3O9/c1-52-31-16-21(17-32(53-2)35(31)45)34-27-14-15-28-33(38(48)42(36(28)46)25-12-7-13-26(19-25)44(50)51)29(27)20-30-37(47)43(24-11-6-10-23(41)18-24)39(49)40(30,34)22-8-4-3-5-9-22/h3-14,16-19,28-30,33-34,45H,15,20H2,1-2H3. The van der Waals surface area contributed by atoms with Crippen LogP contribution in [-0.2, 0) is 24.6 Å². The summed E-state index contributed by atoms with van der Waals surface area (Å²) in [5.41, 5.74) is 0.275. The lowest BCUT2D eigenvalue weighted by molar-refractivity contribution is -0.384. The number of benzene rings is 4. The van der Waals surface area contributed by atoms with Gasteiger partial charge in [0.05, 0.1) is 53.7 Å². The van der Waals surface area contributed by atoms with Crippen molar-refractivity contribution in [3.8, 4) is 17.2 Å². The van der Waals surface area contributed by atoms with Crippen molar-refractivity contribution in [1.29, 1.82) is 0 Å². The number of nitro benzene ring substituents is 1. The molecule has 3 fully saturated rings. The number of methoxy groups -OCH3 is 2. The van der Waals surface area contributed by atoms with Crippen LogP contribution in [0.3, 0.4) is 0 Å². The van der Waals surface area contributed by atoms with Crippen LogP contribution in [0.2, 0.25) is 5.02 Å². The van der Waals surface area contributed by atoms with Gasteiger partial charge < -0.3 is 14.6 Å². The molecule has 6 unspecified atom stereocenters. The van der Waals surface area contributed by atoms with E-state index in [1.54, 1.807) is 48.5 Å². The molecule has 4 aliphatic rings. The van der Waals surface area contributed by atoms with Gasteiger partial charge in [0, 0.05) is 23.1 Å². The van der Waals surface area contributed by atoms with Gasteiger partial charge in [-0.1, -0.05) is 65.7 Å². The fourth-order valence-corrected chi connectivity index (χ4v) is 9.38. The van der Waals surface area contributed by atoms with Crippen molar-refractivity contribution >= 4 is 52.3 Å². The predicted molar refractivity (Wildman–Crippen MR) is 193 cm³/mol. The molecule has 0 bridgehead atoms. The first-order valence-electron chi connectivity index (χ1n) is 17.0. The number of carbonyl (C=O) groups excluding carboxylic acids is 4. The lowest BCUT2D eigenvalue weighted by atomic mass is 9.49. The smallest absolute Gasteiger partial charge is 0.271 e. The average Bonchev–Trinajstić information content (AvgIpc) is 3.56. The van der Waals surface area contributed by atoms with Crippen LogP contribution in [0.5, 0.6) is 17.2 Å². The second kappa shape index (κ2) is 12.6. The number of fused-ring (bicyclic) bond motifs is 4. The highest BCUT2D eigenvalue weighted by Crippen LogP contribution is 2.65. The van der Waals surface area contributed by atoms with Crippen LogP contribution in [0.25, 0.3) is 0 Å². The molecular formula is C40H32ClN3O9. The summed E-state index contributed by atoms with van der Waals surface area (Å²) in [6.07, 6.45) is 2.09. The zero-order valence-electron chi connectivity index (χ0n) is 28.5. The molecule has 1 saturated carbocycles. The Kier molecular flexibility index (Phi) is 8.10. The number of non-ortho nitro benzene ring substituents is 1. The highest BCUT2D eigenvalue weighted by Gasteiger charge is 2.70. The lowest BCUT2D eigenvalue weighted by Gasteiger charge is -2.50. The summed E-state index contributed by atoms with van der Waals surface area (Å²) in [6, 6.07) is 24.1. The van der Waals surface area contributed by atoms with Crippen LogP contribution in [0.4, 0.5) is 17.1 Å². The molecule has 4 aromatic rings. The number of ether oxygens (including phenoxy) is 2. The van der Waals surface area contributed by atoms with Crippen molar-refractivity contribution in [2.24, 2.45) is 23.7 Å². The molecule has 4 amide bonds. The number of carbonyl (C=O) groups is 4. The second-order valence-corrected chi connectivity index (χ2v) is 14.1. The molecule has 0 aromatic heterocycles. The number of rotatable bonds is 7. The van der Waals surface area contributed by atoms with Crippen LogP contribution in [0, 0.1) is 33.8 Å². The van der Waals surface area contributed by atoms with E-state index in [9.17, 15) is 29.6 Å². The third kappa shape index (κ3) is 4.88. The first kappa shape index (κ1) is 34.1. The number of amides is 4. The number of aromatic hydroxyl groups is 1. The molecule has 268 valence electrons. The van der Waals surface area contributed by atoms with E-state index < -0.39 is 63.6 Å². The van der Waals surface area contributed by atoms with Gasteiger partial charge in [-0.25, -0.2) is 9.80 Å². The molecule has 8 rings (SSSR count). The first-order chi connectivity index (χ1) is 25.5. The normalized spacial score (nSPS) is 26.2. The molecule has 2 aliphatic heterocycles. The molecule has 0 radical (unpaired) electrons. The van der Waals surface area contributed by atoms with E-state index in [4.69, 9.17) is 21.1 Å². The molecule has 53 heavy (non-hydrogen) atoms. The zero-order chi connectivity index (χ0) is 37.3. The van der Waals surface area contributed by atoms with Gasteiger partial charge in [-0.3, -0.25) is 29.3 Å². The van der Waals surface area contributed by atoms with E-state index in [1.807, 2.05) is 24.3 Å². The minimum absolute atomic E-state index is 0.0498. The number of halogens is 1. The molecule has 2 saturated heterocycles. The van der Waals surface area contributed by atoms with Gasteiger partial charge >= 0.3 is 0 Å². The Morgan fingerprint density at radius 3 is 2.11 bits per heavy atom. The van der Waals surface area contributed by atoms with Crippen LogP contribution >= 0.6 is 11.6 Å². The van der Waals surface area contributed by atoms with E-state index >= 15 is 4.79 Å². The highest BCUT2D eigenvalue weighted by molar-refractivity contribution is 6.32. The number of nitrogens with zero attached hydrogens (tertiary/aromatic N) is 3. The van der Waals surface area contributed by atoms with Gasteiger partial charge in [0.2, 0.25) is 29.4 Å². The summed E-state index contributed by atoms with van der Waals surface area (Å²) >= 11 is 6.39. The Balaban J connectivity index is 1.37. The SMILES string of the molecule is COc1cc(C2C3=CCC4C(=O)N(c5cccc([N+](=O)[O-])c5)C(=O)C4C3CC3C(=O)N(c4cccc(Cl)c4)C(=O)C32c2ccccc2)cc(OC)c1O. The Bertz CT molecular complexity index is 2250. The average molecular weight is 734 g/mol. The number of allylic oxidation sites excluding steroid dienone is 2. The molecule has 12 nitrogen and oxygen atoms in total. The quantitative estimate of drug-likeness (QED) is 0.0991. The maximum absolute atomic E-state index is 15.4. The highest BCUT2D eigenvalue weighted by atomic mass is 35.5. The van der Waals surface area contributed by atoms with E-state index in [1.165, 1.54) is 38.5 Å². The van der Waals surface area contributed by atoms with Gasteiger partial charge in [0.15, 0.2) is 11.5 Å². The number of anilines is 2. The molecule has 2 heterocycles. The van der Waals surface area contributed by atoms with Crippen LogP contribution in [0.1, 0.15) is 29.9 Å². The summed E-state index contributed by atoms with van der Waals surface area (Å²) in [6.45, 7) is 0. The molecule has 6 atom stereocenters. The van der Waals surface area contributed by atoms with E-state index in [2.05, 4.69) is 0 Å². The molecule has 4 aromatic carbocycles. The third-order valence-electron chi connectivity index (χ3n) is 11.3. The summed E-state index contributed by atoms with van der Waals surface area (Å²) < 4.78 is 11.1. The number of nitro groups is 1. The molecule has 13 heteroatoms. The van der Waals surface area contributed by atoms with Crippen LogP contribution in [0.15, 0.2) is 103 Å². The van der Waals surface area contributed by atoms with Crippen LogP contribution < -0.4 is 19.3 Å². The second-order valence-electron chi connectivity index (χ2n) is 13.7. The Morgan fingerprint density at radius 2 is 1.47 bits per heavy atom. The number of phenolic OH excluding ortho intramolecular Hbond substituents is 1. The van der Waals surface area contributed by atoms with Crippen molar-refractivity contribution in [3.63, 3.8) is 0 Å². The van der Waals surface area contributed by atoms with E-state index in [-0.39, 0.29) is 47.2 Å². The van der Waals surface area contributed by atoms with Gasteiger partial charge in [-0.2, -0.15) is 0 Å². The Labute approximate surface area is 308 Å². The monoisotopic (exact) mass is 733 g/mol.